The van der Waals surface area contributed by atoms with Crippen LogP contribution in [0.1, 0.15) is 32.9 Å². The third-order valence-corrected chi connectivity index (χ3v) is 8.76. The molecule has 5 heterocycles. The van der Waals surface area contributed by atoms with Gasteiger partial charge in [0.05, 0.1) is 28.9 Å². The van der Waals surface area contributed by atoms with Crippen molar-refractivity contribution in [1.82, 2.24) is 29.4 Å². The number of carboxylic acid groups (broad SMARTS) is 1. The Hall–Kier alpha value is -3.69. The van der Waals surface area contributed by atoms with Gasteiger partial charge in [-0.05, 0) is 47.7 Å². The normalized spacial score (nSPS) is 21.2. The monoisotopic (exact) mass is 546 g/mol. The molecule has 2 aliphatic heterocycles. The van der Waals surface area contributed by atoms with Crippen molar-refractivity contribution in [3.05, 3.63) is 65.7 Å². The molecule has 2 aliphatic rings. The molecule has 2 bridgehead atoms. The molecule has 0 radical (unpaired) electrons. The van der Waals surface area contributed by atoms with Crippen molar-refractivity contribution in [2.24, 2.45) is 5.41 Å². The van der Waals surface area contributed by atoms with Crippen LogP contribution in [0.3, 0.4) is 0 Å². The van der Waals surface area contributed by atoms with Crippen LogP contribution in [0.5, 0.6) is 5.75 Å². The molecule has 10 heteroatoms. The van der Waals surface area contributed by atoms with E-state index in [9.17, 15) is 9.90 Å². The molecule has 1 amide bonds. The van der Waals surface area contributed by atoms with E-state index in [2.05, 4.69) is 30.7 Å². The Labute approximate surface area is 232 Å². The van der Waals surface area contributed by atoms with Crippen LogP contribution in [0.4, 0.5) is 4.79 Å². The van der Waals surface area contributed by atoms with Crippen LogP contribution < -0.4 is 4.74 Å². The Bertz CT molecular complexity index is 1570. The number of halogens is 1. The molecule has 1 aromatic carbocycles. The Morgan fingerprint density at radius 3 is 2.62 bits per heavy atom. The van der Waals surface area contributed by atoms with Crippen LogP contribution in [0, 0.1) is 5.41 Å². The van der Waals surface area contributed by atoms with E-state index in [0.717, 1.165) is 40.1 Å². The summed E-state index contributed by atoms with van der Waals surface area (Å²) in [6.45, 7) is 8.24. The lowest BCUT2D eigenvalue weighted by molar-refractivity contribution is 0.000518. The van der Waals surface area contributed by atoms with Crippen LogP contribution in [0.15, 0.2) is 55.0 Å². The summed E-state index contributed by atoms with van der Waals surface area (Å²) in [7, 11) is 1.60. The van der Waals surface area contributed by atoms with E-state index in [1.54, 1.807) is 24.4 Å². The van der Waals surface area contributed by atoms with Crippen molar-refractivity contribution in [3.63, 3.8) is 0 Å². The van der Waals surface area contributed by atoms with E-state index in [-0.39, 0.29) is 11.5 Å². The Morgan fingerprint density at radius 1 is 1.15 bits per heavy atom. The number of benzene rings is 1. The highest BCUT2D eigenvalue weighted by Gasteiger charge is 2.61. The van der Waals surface area contributed by atoms with Gasteiger partial charge < -0.3 is 9.84 Å². The number of likely N-dealkylation sites (tertiary alicyclic amines) is 2. The smallest absolute Gasteiger partial charge is 0.407 e. The fourth-order valence-electron chi connectivity index (χ4n) is 6.32. The second-order valence-corrected chi connectivity index (χ2v) is 11.8. The summed E-state index contributed by atoms with van der Waals surface area (Å²) in [4.78, 5) is 25.1. The summed E-state index contributed by atoms with van der Waals surface area (Å²) in [5.41, 5.74) is 4.58. The molecule has 2 fully saturated rings. The van der Waals surface area contributed by atoms with Gasteiger partial charge in [0, 0.05) is 49.8 Å². The first-order valence-corrected chi connectivity index (χ1v) is 13.4. The predicted octanol–water partition coefficient (Wildman–Crippen LogP) is 5.47. The van der Waals surface area contributed by atoms with Crippen LogP contribution in [0.2, 0.25) is 5.02 Å². The summed E-state index contributed by atoms with van der Waals surface area (Å²) in [5, 5.41) is 15.6. The van der Waals surface area contributed by atoms with Crippen molar-refractivity contribution in [2.45, 2.75) is 45.3 Å². The molecule has 3 aromatic heterocycles. The van der Waals surface area contributed by atoms with Crippen molar-refractivity contribution in [2.75, 3.05) is 20.2 Å². The van der Waals surface area contributed by atoms with Gasteiger partial charge in [-0.25, -0.2) is 14.3 Å². The molecule has 0 unspecified atom stereocenters. The highest BCUT2D eigenvalue weighted by atomic mass is 35.5. The molecule has 4 aromatic rings. The SMILES string of the molecule is COc1cc(-c2c(-c3ccncc3)nn3c(CN4C[C@@]5(C(C)(C)C)C[C@H]4CN5C(=O)O)ccnc23)ccc1Cl. The zero-order valence-corrected chi connectivity index (χ0v) is 23.2. The van der Waals surface area contributed by atoms with Gasteiger partial charge in [-0.2, -0.15) is 5.10 Å². The third kappa shape index (κ3) is 4.03. The highest BCUT2D eigenvalue weighted by Crippen LogP contribution is 2.50. The minimum atomic E-state index is -0.838. The number of rotatable bonds is 5. The minimum Gasteiger partial charge on any atom is -0.495 e. The van der Waals surface area contributed by atoms with Gasteiger partial charge in [0.2, 0.25) is 0 Å². The number of fused-ring (bicyclic) bond motifs is 3. The summed E-state index contributed by atoms with van der Waals surface area (Å²) in [6, 6.07) is 11.7. The third-order valence-electron chi connectivity index (χ3n) is 8.45. The summed E-state index contributed by atoms with van der Waals surface area (Å²) in [5.74, 6) is 0.578. The van der Waals surface area contributed by atoms with Crippen molar-refractivity contribution >= 4 is 23.3 Å². The van der Waals surface area contributed by atoms with E-state index in [4.69, 9.17) is 26.4 Å². The first-order valence-electron chi connectivity index (χ1n) is 13.0. The maximum absolute atomic E-state index is 12.1. The lowest BCUT2D eigenvalue weighted by Crippen LogP contribution is -2.61. The topological polar surface area (TPSA) is 96.1 Å². The summed E-state index contributed by atoms with van der Waals surface area (Å²) >= 11 is 6.34. The number of hydrogen-bond donors (Lipinski definition) is 1. The lowest BCUT2D eigenvalue weighted by atomic mass is 9.73. The summed E-state index contributed by atoms with van der Waals surface area (Å²) in [6.07, 6.45) is 5.31. The number of hydrogen-bond acceptors (Lipinski definition) is 6. The fraction of sp³-hybridized carbons (Fsp3) is 0.379. The molecule has 9 nitrogen and oxygen atoms in total. The molecule has 0 spiro atoms. The van der Waals surface area contributed by atoms with Crippen LogP contribution in [-0.4, -0.2) is 72.4 Å². The van der Waals surface area contributed by atoms with Crippen LogP contribution in [-0.2, 0) is 6.54 Å². The predicted molar refractivity (Wildman–Crippen MR) is 149 cm³/mol. The molecule has 6 rings (SSSR count). The molecule has 1 N–H and O–H groups in total. The first kappa shape index (κ1) is 25.6. The van der Waals surface area contributed by atoms with E-state index >= 15 is 0 Å². The molecule has 2 atom stereocenters. The molecular formula is C29H31ClN6O3. The molecule has 0 aliphatic carbocycles. The van der Waals surface area contributed by atoms with Crippen LogP contribution >= 0.6 is 11.6 Å². The Morgan fingerprint density at radius 2 is 1.92 bits per heavy atom. The van der Waals surface area contributed by atoms with Gasteiger partial charge >= 0.3 is 6.09 Å². The van der Waals surface area contributed by atoms with Gasteiger partial charge in [-0.1, -0.05) is 38.4 Å². The molecule has 0 saturated carbocycles. The van der Waals surface area contributed by atoms with E-state index < -0.39 is 11.6 Å². The van der Waals surface area contributed by atoms with Gasteiger partial charge in [0.25, 0.3) is 0 Å². The fourth-order valence-corrected chi connectivity index (χ4v) is 6.51. The largest absolute Gasteiger partial charge is 0.495 e. The minimum absolute atomic E-state index is 0.152. The number of nitrogens with zero attached hydrogens (tertiary/aromatic N) is 6. The zero-order valence-electron chi connectivity index (χ0n) is 22.4. The van der Waals surface area contributed by atoms with E-state index in [0.29, 0.717) is 30.4 Å². The molecular weight excluding hydrogens is 516 g/mol. The molecule has 39 heavy (non-hydrogen) atoms. The second-order valence-electron chi connectivity index (χ2n) is 11.4. The average molecular weight is 547 g/mol. The number of methoxy groups -OCH3 is 1. The molecule has 2 saturated heterocycles. The highest BCUT2D eigenvalue weighted by molar-refractivity contribution is 6.32. The van der Waals surface area contributed by atoms with E-state index in [1.165, 1.54) is 0 Å². The molecule has 202 valence electrons. The van der Waals surface area contributed by atoms with Gasteiger partial charge in [0.15, 0.2) is 5.65 Å². The Balaban J connectivity index is 1.45. The average Bonchev–Trinajstić information content (AvgIpc) is 3.60. The van der Waals surface area contributed by atoms with Crippen molar-refractivity contribution < 1.29 is 14.6 Å². The first-order chi connectivity index (χ1) is 18.6. The van der Waals surface area contributed by atoms with Crippen LogP contribution in [0.25, 0.3) is 28.0 Å². The lowest BCUT2D eigenvalue weighted by Gasteiger charge is -2.48. The number of carbonyl (C=O) groups is 1. The van der Waals surface area contributed by atoms with Crippen molar-refractivity contribution in [1.29, 1.82) is 0 Å². The van der Waals surface area contributed by atoms with Gasteiger partial charge in [-0.3, -0.25) is 14.8 Å². The number of piperazine rings is 1. The maximum atomic E-state index is 12.1. The van der Waals surface area contributed by atoms with E-state index in [1.807, 2.05) is 47.1 Å². The van der Waals surface area contributed by atoms with Gasteiger partial charge in [0.1, 0.15) is 11.4 Å². The summed E-state index contributed by atoms with van der Waals surface area (Å²) < 4.78 is 7.42. The standard InChI is InChI=1S/C29H31ClN6O3/c1-28(2,3)29-14-21(16-35(29)27(37)38)34(17-29)15-20-9-12-32-26-24(19-5-6-22(30)23(13-19)39-4)25(33-36(20)26)18-7-10-31-11-8-18/h5-13,21H,14-17H2,1-4H3,(H,37,38)/t21-,29+/m0/s1. The number of aromatic nitrogens is 4. The van der Waals surface area contributed by atoms with Gasteiger partial charge in [-0.15, -0.1) is 0 Å². The zero-order chi connectivity index (χ0) is 27.5. The number of amides is 1. The maximum Gasteiger partial charge on any atom is 0.407 e. The number of pyridine rings is 1. The number of ether oxygens (including phenoxy) is 1. The van der Waals surface area contributed by atoms with Crippen molar-refractivity contribution in [3.8, 4) is 28.1 Å². The second kappa shape index (κ2) is 9.20. The Kier molecular flexibility index (Phi) is 6.04. The quantitative estimate of drug-likeness (QED) is 0.354.